The average Bonchev–Trinajstić information content (AvgIpc) is 3.29. The molecule has 8 nitrogen and oxygen atoms in total. The lowest BCUT2D eigenvalue weighted by Crippen LogP contribution is -2.31. The molecule has 2 heterocycles. The molecule has 0 saturated carbocycles. The van der Waals surface area contributed by atoms with E-state index >= 15 is 0 Å². The number of aryl methyl sites for hydroxylation is 2. The summed E-state index contributed by atoms with van der Waals surface area (Å²) in [5, 5.41) is 20.6. The molecule has 0 fully saturated rings. The molecule has 0 bridgehead atoms. The van der Waals surface area contributed by atoms with Crippen LogP contribution < -0.4 is 9.64 Å². The summed E-state index contributed by atoms with van der Waals surface area (Å²) in [6.45, 7) is 3.50. The Bertz CT molecular complexity index is 1330. The second-order valence-electron chi connectivity index (χ2n) is 7.83. The monoisotopic (exact) mass is 478 g/mol. The largest absolute Gasteiger partial charge is 0.503 e. The molecule has 174 valence electrons. The fraction of sp³-hybridized carbons (Fsp3) is 0.200. The van der Waals surface area contributed by atoms with E-state index in [0.717, 1.165) is 0 Å². The van der Waals surface area contributed by atoms with Crippen molar-refractivity contribution in [1.29, 1.82) is 0 Å². The van der Waals surface area contributed by atoms with E-state index in [2.05, 4.69) is 4.98 Å². The van der Waals surface area contributed by atoms with E-state index in [-0.39, 0.29) is 12.0 Å². The van der Waals surface area contributed by atoms with Crippen LogP contribution in [-0.2, 0) is 16.0 Å². The molecular weight excluding hydrogens is 456 g/mol. The number of hydrogen-bond acceptors (Lipinski definition) is 7. The van der Waals surface area contributed by atoms with Gasteiger partial charge in [-0.25, -0.2) is 4.98 Å². The Labute approximate surface area is 199 Å². The molecule has 0 aliphatic carbocycles. The maximum absolute atomic E-state index is 13.6. The molecule has 1 aromatic heterocycles. The molecule has 1 aliphatic heterocycles. The predicted octanol–water partition coefficient (Wildman–Crippen LogP) is 4.18. The minimum Gasteiger partial charge on any atom is -0.503 e. The number of carboxylic acids is 1. The number of benzene rings is 2. The summed E-state index contributed by atoms with van der Waals surface area (Å²) in [6, 6.07) is 12.4. The van der Waals surface area contributed by atoms with Crippen LogP contribution in [0.15, 0.2) is 59.9 Å². The number of amides is 1. The number of thiazole rings is 1. The SMILES string of the molecule is COc1cccc(C2C(C(=O)c3sc(C)nc3C)=C(O)C(=O)N2c2ccc(CC(=O)O)cc2)c1. The number of ether oxygens (including phenoxy) is 1. The molecule has 34 heavy (non-hydrogen) atoms. The Morgan fingerprint density at radius 1 is 1.15 bits per heavy atom. The molecule has 3 aromatic rings. The van der Waals surface area contributed by atoms with Crippen LogP contribution in [0.4, 0.5) is 5.69 Å². The zero-order valence-electron chi connectivity index (χ0n) is 18.7. The highest BCUT2D eigenvalue weighted by molar-refractivity contribution is 7.14. The van der Waals surface area contributed by atoms with Gasteiger partial charge in [-0.2, -0.15) is 0 Å². The first kappa shape index (κ1) is 23.2. The van der Waals surface area contributed by atoms with Crippen molar-refractivity contribution in [2.45, 2.75) is 26.3 Å². The molecule has 1 unspecified atom stereocenters. The highest BCUT2D eigenvalue weighted by Gasteiger charge is 2.45. The van der Waals surface area contributed by atoms with Gasteiger partial charge < -0.3 is 14.9 Å². The molecule has 2 N–H and O–H groups in total. The van der Waals surface area contributed by atoms with Gasteiger partial charge in [-0.05, 0) is 49.2 Å². The Balaban J connectivity index is 1.85. The van der Waals surface area contributed by atoms with E-state index in [9.17, 15) is 19.5 Å². The molecule has 1 amide bonds. The van der Waals surface area contributed by atoms with E-state index in [0.29, 0.717) is 38.1 Å². The van der Waals surface area contributed by atoms with E-state index in [1.54, 1.807) is 62.4 Å². The van der Waals surface area contributed by atoms with Crippen molar-refractivity contribution in [3.63, 3.8) is 0 Å². The van der Waals surface area contributed by atoms with Gasteiger partial charge in [0.25, 0.3) is 5.91 Å². The van der Waals surface area contributed by atoms with Crippen LogP contribution in [0.1, 0.15) is 37.5 Å². The first-order valence-electron chi connectivity index (χ1n) is 10.4. The van der Waals surface area contributed by atoms with Crippen LogP contribution in [-0.4, -0.2) is 40.0 Å². The van der Waals surface area contributed by atoms with Gasteiger partial charge in [0.2, 0.25) is 5.78 Å². The fourth-order valence-corrected chi connectivity index (χ4v) is 4.92. The number of carbonyl (C=O) groups is 3. The van der Waals surface area contributed by atoms with E-state index in [1.165, 1.54) is 23.3 Å². The van der Waals surface area contributed by atoms with Gasteiger partial charge in [0.1, 0.15) is 5.75 Å². The lowest BCUT2D eigenvalue weighted by molar-refractivity contribution is -0.136. The maximum atomic E-state index is 13.6. The number of anilines is 1. The Hall–Kier alpha value is -3.98. The summed E-state index contributed by atoms with van der Waals surface area (Å²) in [4.78, 5) is 43.9. The van der Waals surface area contributed by atoms with E-state index in [1.807, 2.05) is 0 Å². The van der Waals surface area contributed by atoms with Crippen LogP contribution in [0.3, 0.4) is 0 Å². The predicted molar refractivity (Wildman–Crippen MR) is 127 cm³/mol. The van der Waals surface area contributed by atoms with E-state index < -0.39 is 29.5 Å². The molecule has 4 rings (SSSR count). The molecule has 9 heteroatoms. The average molecular weight is 479 g/mol. The van der Waals surface area contributed by atoms with Gasteiger partial charge in [-0.15, -0.1) is 11.3 Å². The summed E-state index contributed by atoms with van der Waals surface area (Å²) >= 11 is 1.21. The Kier molecular flexibility index (Phi) is 6.21. The standard InChI is InChI=1S/C25H22N2O6S/c1-13-24(34-14(2)26-13)22(30)20-21(16-5-4-6-18(12-16)33-3)27(25(32)23(20)31)17-9-7-15(8-10-17)11-19(28)29/h4-10,12,21,31H,11H2,1-3H3,(H,28,29). The first-order valence-corrected chi connectivity index (χ1v) is 11.2. The lowest BCUT2D eigenvalue weighted by atomic mass is 9.94. The second-order valence-corrected chi connectivity index (χ2v) is 9.03. The van der Waals surface area contributed by atoms with Crippen molar-refractivity contribution in [2.75, 3.05) is 12.0 Å². The quantitative estimate of drug-likeness (QED) is 0.489. The van der Waals surface area contributed by atoms with Crippen molar-refractivity contribution in [3.05, 3.63) is 86.6 Å². The number of Topliss-reactive ketones (excluding diaryl/α,β-unsaturated/α-hetero) is 1. The number of aliphatic carboxylic acids is 1. The van der Waals surface area contributed by atoms with Gasteiger partial charge >= 0.3 is 5.97 Å². The van der Waals surface area contributed by atoms with Crippen molar-refractivity contribution in [1.82, 2.24) is 4.98 Å². The smallest absolute Gasteiger partial charge is 0.307 e. The zero-order valence-corrected chi connectivity index (χ0v) is 19.5. The number of rotatable bonds is 7. The topological polar surface area (TPSA) is 117 Å². The third-order valence-corrected chi connectivity index (χ3v) is 6.61. The molecule has 0 saturated heterocycles. The maximum Gasteiger partial charge on any atom is 0.307 e. The Morgan fingerprint density at radius 2 is 1.85 bits per heavy atom. The minimum atomic E-state index is -0.971. The number of aliphatic hydroxyl groups excluding tert-OH is 1. The first-order chi connectivity index (χ1) is 16.2. The summed E-state index contributed by atoms with van der Waals surface area (Å²) in [6.07, 6.45) is -0.162. The van der Waals surface area contributed by atoms with Gasteiger partial charge in [0.05, 0.1) is 40.7 Å². The van der Waals surface area contributed by atoms with Crippen LogP contribution in [0.2, 0.25) is 0 Å². The van der Waals surface area contributed by atoms with Gasteiger partial charge in [0.15, 0.2) is 5.76 Å². The zero-order chi connectivity index (χ0) is 24.6. The molecular formula is C25H22N2O6S. The number of methoxy groups -OCH3 is 1. The number of hydrogen-bond donors (Lipinski definition) is 2. The van der Waals surface area contributed by atoms with Crippen LogP contribution >= 0.6 is 11.3 Å². The fourth-order valence-electron chi connectivity index (χ4n) is 4.04. The minimum absolute atomic E-state index is 0.0420. The number of nitrogens with zero attached hydrogens (tertiary/aromatic N) is 2. The number of aliphatic hydroxyl groups is 1. The lowest BCUT2D eigenvalue weighted by Gasteiger charge is -2.27. The van der Waals surface area contributed by atoms with Crippen molar-refractivity contribution < 1.29 is 29.3 Å². The van der Waals surface area contributed by atoms with Crippen LogP contribution in [0, 0.1) is 13.8 Å². The summed E-state index contributed by atoms with van der Waals surface area (Å²) in [5.41, 5.74) is 2.04. The van der Waals surface area contributed by atoms with Crippen molar-refractivity contribution >= 4 is 34.7 Å². The third kappa shape index (κ3) is 4.17. The highest BCUT2D eigenvalue weighted by atomic mass is 32.1. The number of carboxylic acid groups (broad SMARTS) is 1. The molecule has 0 radical (unpaired) electrons. The second kappa shape index (κ2) is 9.11. The summed E-state index contributed by atoms with van der Waals surface area (Å²) < 4.78 is 5.33. The van der Waals surface area contributed by atoms with E-state index in [4.69, 9.17) is 9.84 Å². The van der Waals surface area contributed by atoms with Crippen molar-refractivity contribution in [3.8, 4) is 5.75 Å². The van der Waals surface area contributed by atoms with Gasteiger partial charge in [0, 0.05) is 5.69 Å². The molecule has 1 aliphatic rings. The van der Waals surface area contributed by atoms with Crippen LogP contribution in [0.25, 0.3) is 0 Å². The highest BCUT2D eigenvalue weighted by Crippen LogP contribution is 2.43. The molecule has 1 atom stereocenters. The Morgan fingerprint density at radius 3 is 2.44 bits per heavy atom. The van der Waals surface area contributed by atoms with Gasteiger partial charge in [-0.1, -0.05) is 24.3 Å². The van der Waals surface area contributed by atoms with Gasteiger partial charge in [-0.3, -0.25) is 19.3 Å². The molecule has 0 spiro atoms. The molecule has 2 aromatic carbocycles. The third-order valence-electron chi connectivity index (χ3n) is 5.54. The van der Waals surface area contributed by atoms with Crippen molar-refractivity contribution in [2.24, 2.45) is 0 Å². The normalized spacial score (nSPS) is 15.7. The summed E-state index contributed by atoms with van der Waals surface area (Å²) in [5.74, 6) is -2.25. The summed E-state index contributed by atoms with van der Waals surface area (Å²) in [7, 11) is 1.51. The number of carbonyl (C=O) groups excluding carboxylic acids is 2. The van der Waals surface area contributed by atoms with Crippen LogP contribution in [0.5, 0.6) is 5.75 Å². The number of ketones is 1. The number of aromatic nitrogens is 1.